The van der Waals surface area contributed by atoms with E-state index in [-0.39, 0.29) is 0 Å². The number of aliphatic hydroxyl groups is 1. The van der Waals surface area contributed by atoms with Gasteiger partial charge >= 0.3 is 5.97 Å². The first-order chi connectivity index (χ1) is 7.75. The van der Waals surface area contributed by atoms with Gasteiger partial charge in [-0.3, -0.25) is 4.79 Å². The zero-order valence-corrected chi connectivity index (χ0v) is 11.8. The van der Waals surface area contributed by atoms with Crippen LogP contribution in [-0.4, -0.2) is 16.2 Å². The number of halogens is 1. The largest absolute Gasteiger partial charge is 0.481 e. The van der Waals surface area contributed by atoms with E-state index in [0.29, 0.717) is 12.0 Å². The van der Waals surface area contributed by atoms with Crippen molar-refractivity contribution in [1.29, 1.82) is 0 Å². The summed E-state index contributed by atoms with van der Waals surface area (Å²) < 4.78 is 0.896. The van der Waals surface area contributed by atoms with E-state index in [2.05, 4.69) is 15.9 Å². The van der Waals surface area contributed by atoms with Gasteiger partial charge in [0.15, 0.2) is 0 Å². The molecule has 94 valence electrons. The molecule has 0 heterocycles. The van der Waals surface area contributed by atoms with E-state index in [0.717, 1.165) is 4.47 Å². The summed E-state index contributed by atoms with van der Waals surface area (Å²) in [4.78, 5) is 11.3. The van der Waals surface area contributed by atoms with Crippen LogP contribution < -0.4 is 0 Å². The van der Waals surface area contributed by atoms with Gasteiger partial charge in [0, 0.05) is 4.47 Å². The zero-order chi connectivity index (χ0) is 13.3. The topological polar surface area (TPSA) is 57.5 Å². The van der Waals surface area contributed by atoms with E-state index >= 15 is 0 Å². The van der Waals surface area contributed by atoms with Crippen molar-refractivity contribution in [3.05, 3.63) is 34.3 Å². The predicted octanol–water partition coefficient (Wildman–Crippen LogP) is 3.16. The molecular formula is C13H17BrO3. The Labute approximate surface area is 110 Å². The van der Waals surface area contributed by atoms with Gasteiger partial charge in [-0.25, -0.2) is 0 Å². The number of aliphatic carboxylic acids is 1. The second kappa shape index (κ2) is 4.78. The lowest BCUT2D eigenvalue weighted by atomic mass is 9.69. The summed E-state index contributed by atoms with van der Waals surface area (Å²) in [6, 6.07) is 7.10. The lowest BCUT2D eigenvalue weighted by Gasteiger charge is -2.39. The molecule has 0 aromatic heterocycles. The molecule has 1 aromatic carbocycles. The van der Waals surface area contributed by atoms with E-state index in [1.165, 1.54) is 0 Å². The van der Waals surface area contributed by atoms with Crippen LogP contribution >= 0.6 is 15.9 Å². The van der Waals surface area contributed by atoms with Gasteiger partial charge in [0.05, 0.1) is 5.41 Å². The fourth-order valence-electron chi connectivity index (χ4n) is 1.91. The minimum Gasteiger partial charge on any atom is -0.481 e. The predicted molar refractivity (Wildman–Crippen MR) is 69.7 cm³/mol. The molecule has 1 aromatic rings. The number of carboxylic acid groups (broad SMARTS) is 1. The second-order valence-corrected chi connectivity index (χ2v) is 5.57. The van der Waals surface area contributed by atoms with E-state index in [1.807, 2.05) is 0 Å². The smallest absolute Gasteiger partial charge is 0.312 e. The molecule has 0 saturated carbocycles. The minimum absolute atomic E-state index is 0.341. The molecule has 1 atom stereocenters. The fourth-order valence-corrected chi connectivity index (χ4v) is 2.17. The van der Waals surface area contributed by atoms with Crippen molar-refractivity contribution in [3.63, 3.8) is 0 Å². The summed E-state index contributed by atoms with van der Waals surface area (Å²) in [5, 5.41) is 19.9. The van der Waals surface area contributed by atoms with E-state index in [4.69, 9.17) is 0 Å². The number of hydrogen-bond acceptors (Lipinski definition) is 2. The molecule has 0 fully saturated rings. The zero-order valence-electron chi connectivity index (χ0n) is 10.2. The number of benzene rings is 1. The first kappa shape index (κ1) is 14.2. The average molecular weight is 301 g/mol. The van der Waals surface area contributed by atoms with Crippen molar-refractivity contribution in [2.75, 3.05) is 0 Å². The van der Waals surface area contributed by atoms with Gasteiger partial charge in [0.2, 0.25) is 0 Å². The maximum absolute atomic E-state index is 11.3. The van der Waals surface area contributed by atoms with Gasteiger partial charge < -0.3 is 10.2 Å². The molecule has 3 nitrogen and oxygen atoms in total. The summed E-state index contributed by atoms with van der Waals surface area (Å²) in [6.45, 7) is 4.87. The molecular weight excluding hydrogens is 284 g/mol. The molecule has 17 heavy (non-hydrogen) atoms. The summed E-state index contributed by atoms with van der Waals surface area (Å²) in [7, 11) is 0. The number of rotatable bonds is 4. The Hall–Kier alpha value is -0.870. The summed E-state index contributed by atoms with van der Waals surface area (Å²) in [5.74, 6) is -1.01. The molecule has 0 saturated heterocycles. The van der Waals surface area contributed by atoms with E-state index in [1.54, 1.807) is 45.0 Å². The SMILES string of the molecule is CCC(O)(c1ccc(Br)cc1)C(C)(C)C(=O)O. The van der Waals surface area contributed by atoms with Crippen molar-refractivity contribution in [3.8, 4) is 0 Å². The van der Waals surface area contributed by atoms with Gasteiger partial charge in [0.1, 0.15) is 5.60 Å². The minimum atomic E-state index is -1.38. The first-order valence-corrected chi connectivity index (χ1v) is 6.27. The Morgan fingerprint density at radius 3 is 2.12 bits per heavy atom. The van der Waals surface area contributed by atoms with Crippen molar-refractivity contribution in [2.45, 2.75) is 32.8 Å². The Morgan fingerprint density at radius 1 is 1.29 bits per heavy atom. The van der Waals surface area contributed by atoms with Gasteiger partial charge in [-0.2, -0.15) is 0 Å². The third-order valence-corrected chi connectivity index (χ3v) is 3.93. The molecule has 1 rings (SSSR count). The molecule has 1 unspecified atom stereocenters. The molecule has 2 N–H and O–H groups in total. The highest BCUT2D eigenvalue weighted by atomic mass is 79.9. The van der Waals surface area contributed by atoms with Gasteiger partial charge in [-0.1, -0.05) is 35.0 Å². The normalized spacial score (nSPS) is 15.4. The molecule has 0 bridgehead atoms. The molecule has 0 aliphatic rings. The highest BCUT2D eigenvalue weighted by molar-refractivity contribution is 9.10. The highest BCUT2D eigenvalue weighted by Gasteiger charge is 2.48. The average Bonchev–Trinajstić information content (AvgIpc) is 2.28. The Bertz CT molecular complexity index is 411. The molecule has 0 aliphatic heterocycles. The van der Waals surface area contributed by atoms with Crippen LogP contribution in [0.3, 0.4) is 0 Å². The highest BCUT2D eigenvalue weighted by Crippen LogP contribution is 2.42. The maximum atomic E-state index is 11.3. The molecule has 0 radical (unpaired) electrons. The third-order valence-electron chi connectivity index (χ3n) is 3.40. The second-order valence-electron chi connectivity index (χ2n) is 4.65. The van der Waals surface area contributed by atoms with Crippen LogP contribution in [0.25, 0.3) is 0 Å². The Kier molecular flexibility index (Phi) is 3.99. The monoisotopic (exact) mass is 300 g/mol. The summed E-state index contributed by atoms with van der Waals surface area (Å²) in [5.41, 5.74) is -2.00. The van der Waals surface area contributed by atoms with Crippen molar-refractivity contribution < 1.29 is 15.0 Å². The quantitative estimate of drug-likeness (QED) is 0.898. The van der Waals surface area contributed by atoms with Crippen molar-refractivity contribution in [1.82, 2.24) is 0 Å². The molecule has 4 heteroatoms. The fraction of sp³-hybridized carbons (Fsp3) is 0.462. The Morgan fingerprint density at radius 2 is 1.76 bits per heavy atom. The number of hydrogen-bond donors (Lipinski definition) is 2. The van der Waals surface area contributed by atoms with E-state index < -0.39 is 17.0 Å². The molecule has 0 amide bonds. The number of carbonyl (C=O) groups is 1. The van der Waals surface area contributed by atoms with Gasteiger partial charge in [-0.15, -0.1) is 0 Å². The Balaban J connectivity index is 3.30. The van der Waals surface area contributed by atoms with Crippen LogP contribution in [0, 0.1) is 5.41 Å². The third kappa shape index (κ3) is 2.38. The lowest BCUT2D eigenvalue weighted by Crippen LogP contribution is -2.46. The van der Waals surface area contributed by atoms with Crippen LogP contribution in [0.4, 0.5) is 0 Å². The van der Waals surface area contributed by atoms with Crippen LogP contribution in [0.15, 0.2) is 28.7 Å². The van der Waals surface area contributed by atoms with Crippen LogP contribution in [0.1, 0.15) is 32.8 Å². The van der Waals surface area contributed by atoms with Gasteiger partial charge in [0.25, 0.3) is 0 Å². The first-order valence-electron chi connectivity index (χ1n) is 5.47. The van der Waals surface area contributed by atoms with E-state index in [9.17, 15) is 15.0 Å². The standard InChI is InChI=1S/C13H17BrO3/c1-4-13(17,12(2,3)11(15)16)9-5-7-10(14)8-6-9/h5-8,17H,4H2,1-3H3,(H,15,16). The molecule has 0 aliphatic carbocycles. The maximum Gasteiger partial charge on any atom is 0.312 e. The van der Waals surface area contributed by atoms with Crippen LogP contribution in [-0.2, 0) is 10.4 Å². The summed E-state index contributed by atoms with van der Waals surface area (Å²) in [6.07, 6.45) is 0.341. The molecule has 0 spiro atoms. The summed E-state index contributed by atoms with van der Waals surface area (Å²) >= 11 is 3.32. The number of carboxylic acids is 1. The van der Waals surface area contributed by atoms with Crippen LogP contribution in [0.2, 0.25) is 0 Å². The van der Waals surface area contributed by atoms with Crippen molar-refractivity contribution >= 4 is 21.9 Å². The van der Waals surface area contributed by atoms with Gasteiger partial charge in [-0.05, 0) is 38.0 Å². The van der Waals surface area contributed by atoms with Crippen LogP contribution in [0.5, 0.6) is 0 Å². The lowest BCUT2D eigenvalue weighted by molar-refractivity contribution is -0.167. The van der Waals surface area contributed by atoms with Crippen molar-refractivity contribution in [2.24, 2.45) is 5.41 Å².